The van der Waals surface area contributed by atoms with E-state index in [2.05, 4.69) is 10.3 Å². The number of amides is 1. The topological polar surface area (TPSA) is 68.0 Å². The molecule has 1 aromatic carbocycles. The number of thiazole rings is 1. The molecule has 0 radical (unpaired) electrons. The molecule has 0 atom stereocenters. The van der Waals surface area contributed by atoms with Crippen LogP contribution in [-0.2, 0) is 6.54 Å². The van der Waals surface area contributed by atoms with Gasteiger partial charge in [-0.3, -0.25) is 4.79 Å². The van der Waals surface area contributed by atoms with Crippen LogP contribution < -0.4 is 11.1 Å². The van der Waals surface area contributed by atoms with E-state index in [1.54, 1.807) is 23.7 Å². The highest BCUT2D eigenvalue weighted by molar-refractivity contribution is 7.07. The summed E-state index contributed by atoms with van der Waals surface area (Å²) in [5.41, 5.74) is 9.08. The number of carbonyl (C=O) groups is 1. The lowest BCUT2D eigenvalue weighted by molar-refractivity contribution is 0.0950. The van der Waals surface area contributed by atoms with Crippen molar-refractivity contribution in [3.05, 3.63) is 45.4 Å². The summed E-state index contributed by atoms with van der Waals surface area (Å²) < 4.78 is 0. The first-order valence-electron chi connectivity index (χ1n) is 4.87. The van der Waals surface area contributed by atoms with E-state index < -0.39 is 0 Å². The number of nitrogens with one attached hydrogen (secondary N) is 1. The third-order valence-electron chi connectivity index (χ3n) is 2.18. The number of halogens is 1. The average Bonchev–Trinajstić information content (AvgIpc) is 2.82. The van der Waals surface area contributed by atoms with Gasteiger partial charge in [0.2, 0.25) is 0 Å². The maximum absolute atomic E-state index is 11.8. The van der Waals surface area contributed by atoms with E-state index in [4.69, 9.17) is 17.3 Å². The van der Waals surface area contributed by atoms with Crippen molar-refractivity contribution in [1.29, 1.82) is 0 Å². The number of anilines is 1. The Labute approximate surface area is 107 Å². The molecule has 0 saturated heterocycles. The number of nitrogens with zero attached hydrogens (tertiary/aromatic N) is 1. The van der Waals surface area contributed by atoms with Gasteiger partial charge < -0.3 is 11.1 Å². The largest absolute Gasteiger partial charge is 0.398 e. The molecule has 0 aliphatic rings. The van der Waals surface area contributed by atoms with Crippen LogP contribution in [0, 0.1) is 0 Å². The summed E-state index contributed by atoms with van der Waals surface area (Å²) in [7, 11) is 0. The van der Waals surface area contributed by atoms with Crippen LogP contribution in [0.5, 0.6) is 0 Å². The van der Waals surface area contributed by atoms with Gasteiger partial charge in [-0.25, -0.2) is 4.98 Å². The Morgan fingerprint density at radius 3 is 3.00 bits per heavy atom. The summed E-state index contributed by atoms with van der Waals surface area (Å²) in [5, 5.41) is 5.02. The zero-order valence-electron chi connectivity index (χ0n) is 8.81. The molecule has 1 amide bonds. The van der Waals surface area contributed by atoms with Gasteiger partial charge in [0.05, 0.1) is 28.5 Å². The number of hydrogen-bond acceptors (Lipinski definition) is 4. The second kappa shape index (κ2) is 5.16. The summed E-state index contributed by atoms with van der Waals surface area (Å²) in [4.78, 5) is 15.8. The lowest BCUT2D eigenvalue weighted by atomic mass is 10.2. The normalized spacial score (nSPS) is 10.2. The molecule has 0 bridgehead atoms. The summed E-state index contributed by atoms with van der Waals surface area (Å²) >= 11 is 7.33. The molecule has 1 heterocycles. The first kappa shape index (κ1) is 11.9. The fourth-order valence-electron chi connectivity index (χ4n) is 1.27. The van der Waals surface area contributed by atoms with Gasteiger partial charge in [0, 0.05) is 10.9 Å². The van der Waals surface area contributed by atoms with Crippen LogP contribution in [0.3, 0.4) is 0 Å². The number of rotatable bonds is 3. The molecule has 0 aliphatic heterocycles. The molecule has 0 fully saturated rings. The van der Waals surface area contributed by atoms with Crippen LogP contribution in [-0.4, -0.2) is 10.9 Å². The molecule has 0 unspecified atom stereocenters. The zero-order chi connectivity index (χ0) is 12.3. The third kappa shape index (κ3) is 2.95. The number of aromatic nitrogens is 1. The molecule has 0 aliphatic carbocycles. The highest BCUT2D eigenvalue weighted by atomic mass is 35.5. The van der Waals surface area contributed by atoms with E-state index in [-0.39, 0.29) is 5.91 Å². The number of carbonyl (C=O) groups excluding carboxylic acids is 1. The SMILES string of the molecule is Nc1ccc(C(=O)NCc2cscn2)cc1Cl. The predicted octanol–water partition coefficient (Wildman–Crippen LogP) is 2.31. The van der Waals surface area contributed by atoms with Crippen LogP contribution in [0.25, 0.3) is 0 Å². The van der Waals surface area contributed by atoms with Gasteiger partial charge in [-0.15, -0.1) is 11.3 Å². The third-order valence-corrected chi connectivity index (χ3v) is 3.14. The standard InChI is InChI=1S/C11H10ClN3OS/c12-9-3-7(1-2-10(9)13)11(16)14-4-8-5-17-6-15-8/h1-3,5-6H,4,13H2,(H,14,16). The number of hydrogen-bond donors (Lipinski definition) is 2. The molecule has 17 heavy (non-hydrogen) atoms. The molecule has 0 spiro atoms. The Morgan fingerprint density at radius 2 is 2.35 bits per heavy atom. The average molecular weight is 268 g/mol. The van der Waals surface area contributed by atoms with Crippen molar-refractivity contribution in [2.24, 2.45) is 0 Å². The second-order valence-electron chi connectivity index (χ2n) is 3.40. The van der Waals surface area contributed by atoms with Gasteiger partial charge in [-0.2, -0.15) is 0 Å². The minimum Gasteiger partial charge on any atom is -0.398 e. The molecular weight excluding hydrogens is 258 g/mol. The van der Waals surface area contributed by atoms with Gasteiger partial charge in [0.15, 0.2) is 0 Å². The van der Waals surface area contributed by atoms with E-state index in [0.717, 1.165) is 5.69 Å². The van der Waals surface area contributed by atoms with Crippen molar-refractivity contribution in [3.63, 3.8) is 0 Å². The highest BCUT2D eigenvalue weighted by Gasteiger charge is 2.07. The lowest BCUT2D eigenvalue weighted by Crippen LogP contribution is -2.22. The van der Waals surface area contributed by atoms with Crippen molar-refractivity contribution >= 4 is 34.5 Å². The molecule has 1 aromatic heterocycles. The smallest absolute Gasteiger partial charge is 0.251 e. The summed E-state index contributed by atoms with van der Waals surface area (Å²) in [6.45, 7) is 0.407. The Kier molecular flexibility index (Phi) is 3.61. The molecule has 4 nitrogen and oxygen atoms in total. The van der Waals surface area contributed by atoms with E-state index in [0.29, 0.717) is 22.8 Å². The van der Waals surface area contributed by atoms with Crippen LogP contribution in [0.2, 0.25) is 5.02 Å². The molecule has 88 valence electrons. The van der Waals surface area contributed by atoms with Gasteiger partial charge in [-0.05, 0) is 18.2 Å². The molecule has 2 rings (SSSR count). The summed E-state index contributed by atoms with van der Waals surface area (Å²) in [5.74, 6) is -0.195. The summed E-state index contributed by atoms with van der Waals surface area (Å²) in [6, 6.07) is 4.80. The Balaban J connectivity index is 2.02. The lowest BCUT2D eigenvalue weighted by Gasteiger charge is -2.05. The number of nitrogen functional groups attached to an aromatic ring is 1. The fourth-order valence-corrected chi connectivity index (χ4v) is 2.01. The molecule has 2 aromatic rings. The van der Waals surface area contributed by atoms with Crippen molar-refractivity contribution < 1.29 is 4.79 Å². The molecule has 3 N–H and O–H groups in total. The fraction of sp³-hybridized carbons (Fsp3) is 0.0909. The van der Waals surface area contributed by atoms with E-state index in [9.17, 15) is 4.79 Å². The molecule has 6 heteroatoms. The summed E-state index contributed by atoms with van der Waals surface area (Å²) in [6.07, 6.45) is 0. The maximum atomic E-state index is 11.8. The molecular formula is C11H10ClN3OS. The van der Waals surface area contributed by atoms with Crippen molar-refractivity contribution in [3.8, 4) is 0 Å². The Hall–Kier alpha value is -1.59. The highest BCUT2D eigenvalue weighted by Crippen LogP contribution is 2.19. The maximum Gasteiger partial charge on any atom is 0.251 e. The number of nitrogens with two attached hydrogens (primary N) is 1. The quantitative estimate of drug-likeness (QED) is 0.839. The minimum atomic E-state index is -0.195. The minimum absolute atomic E-state index is 0.195. The van der Waals surface area contributed by atoms with Crippen LogP contribution in [0.1, 0.15) is 16.1 Å². The van der Waals surface area contributed by atoms with Crippen molar-refractivity contribution in [2.45, 2.75) is 6.54 Å². The van der Waals surface area contributed by atoms with Crippen LogP contribution in [0.4, 0.5) is 5.69 Å². The van der Waals surface area contributed by atoms with Crippen molar-refractivity contribution in [1.82, 2.24) is 10.3 Å². The predicted molar refractivity (Wildman–Crippen MR) is 69.1 cm³/mol. The molecule has 0 saturated carbocycles. The van der Waals surface area contributed by atoms with Gasteiger partial charge in [-0.1, -0.05) is 11.6 Å². The monoisotopic (exact) mass is 267 g/mol. The van der Waals surface area contributed by atoms with Crippen molar-refractivity contribution in [2.75, 3.05) is 5.73 Å². The van der Waals surface area contributed by atoms with E-state index in [1.165, 1.54) is 11.3 Å². The first-order chi connectivity index (χ1) is 8.16. The van der Waals surface area contributed by atoms with E-state index in [1.807, 2.05) is 5.38 Å². The Morgan fingerprint density at radius 1 is 1.53 bits per heavy atom. The second-order valence-corrected chi connectivity index (χ2v) is 4.52. The van der Waals surface area contributed by atoms with E-state index >= 15 is 0 Å². The van der Waals surface area contributed by atoms with Crippen LogP contribution in [0.15, 0.2) is 29.1 Å². The van der Waals surface area contributed by atoms with Crippen LogP contribution >= 0.6 is 22.9 Å². The Bertz CT molecular complexity index is 528. The number of benzene rings is 1. The van der Waals surface area contributed by atoms with Gasteiger partial charge >= 0.3 is 0 Å². The zero-order valence-corrected chi connectivity index (χ0v) is 10.4. The van der Waals surface area contributed by atoms with Gasteiger partial charge in [0.1, 0.15) is 0 Å². The van der Waals surface area contributed by atoms with Gasteiger partial charge in [0.25, 0.3) is 5.91 Å². The first-order valence-corrected chi connectivity index (χ1v) is 6.19.